The van der Waals surface area contributed by atoms with Crippen molar-refractivity contribution in [3.63, 3.8) is 0 Å². The van der Waals surface area contributed by atoms with Crippen LogP contribution in [0.1, 0.15) is 12.0 Å². The summed E-state index contributed by atoms with van der Waals surface area (Å²) in [5, 5.41) is 9.38. The minimum absolute atomic E-state index is 0.198. The van der Waals surface area contributed by atoms with Crippen LogP contribution in [0.5, 0.6) is 0 Å². The zero-order valence-electron chi connectivity index (χ0n) is 8.06. The SMILES string of the molecule is C=Cc1ccc(N2CCC(O)C2)nc1. The molecule has 1 N–H and O–H groups in total. The Morgan fingerprint density at radius 1 is 1.57 bits per heavy atom. The van der Waals surface area contributed by atoms with Crippen LogP contribution in [0, 0.1) is 0 Å². The average molecular weight is 190 g/mol. The number of aliphatic hydroxyl groups excluding tert-OH is 1. The van der Waals surface area contributed by atoms with E-state index < -0.39 is 0 Å². The second-order valence-corrected chi connectivity index (χ2v) is 3.54. The van der Waals surface area contributed by atoms with E-state index in [0.29, 0.717) is 6.54 Å². The molecule has 3 nitrogen and oxygen atoms in total. The van der Waals surface area contributed by atoms with Gasteiger partial charge in [-0.25, -0.2) is 4.98 Å². The van der Waals surface area contributed by atoms with E-state index in [0.717, 1.165) is 24.3 Å². The van der Waals surface area contributed by atoms with E-state index >= 15 is 0 Å². The predicted molar refractivity (Wildman–Crippen MR) is 57.2 cm³/mol. The van der Waals surface area contributed by atoms with Gasteiger partial charge in [-0.3, -0.25) is 0 Å². The second kappa shape index (κ2) is 3.80. The van der Waals surface area contributed by atoms with Gasteiger partial charge in [0.2, 0.25) is 0 Å². The van der Waals surface area contributed by atoms with Gasteiger partial charge in [-0.1, -0.05) is 12.7 Å². The fraction of sp³-hybridized carbons (Fsp3) is 0.364. The van der Waals surface area contributed by atoms with Gasteiger partial charge in [-0.2, -0.15) is 0 Å². The Hall–Kier alpha value is -1.35. The van der Waals surface area contributed by atoms with Crippen molar-refractivity contribution in [3.8, 4) is 0 Å². The minimum Gasteiger partial charge on any atom is -0.391 e. The van der Waals surface area contributed by atoms with Crippen LogP contribution in [0.15, 0.2) is 24.9 Å². The molecule has 0 spiro atoms. The molecular weight excluding hydrogens is 176 g/mol. The van der Waals surface area contributed by atoms with E-state index in [9.17, 15) is 5.11 Å². The highest BCUT2D eigenvalue weighted by Gasteiger charge is 2.20. The molecule has 1 atom stereocenters. The van der Waals surface area contributed by atoms with Gasteiger partial charge in [0.05, 0.1) is 6.10 Å². The molecule has 3 heteroatoms. The molecule has 1 saturated heterocycles. The molecule has 0 bridgehead atoms. The molecule has 74 valence electrons. The molecule has 1 aliphatic rings. The lowest BCUT2D eigenvalue weighted by atomic mass is 10.3. The zero-order valence-corrected chi connectivity index (χ0v) is 8.06. The summed E-state index contributed by atoms with van der Waals surface area (Å²) in [5.41, 5.74) is 1.02. The van der Waals surface area contributed by atoms with Crippen molar-refractivity contribution in [1.29, 1.82) is 0 Å². The first kappa shape index (κ1) is 9.21. The number of hydrogen-bond donors (Lipinski definition) is 1. The Kier molecular flexibility index (Phi) is 2.50. The van der Waals surface area contributed by atoms with Crippen LogP contribution in [0.25, 0.3) is 6.08 Å². The van der Waals surface area contributed by atoms with Crippen LogP contribution < -0.4 is 4.90 Å². The minimum atomic E-state index is -0.198. The van der Waals surface area contributed by atoms with E-state index in [1.165, 1.54) is 0 Å². The van der Waals surface area contributed by atoms with E-state index in [1.807, 2.05) is 12.1 Å². The summed E-state index contributed by atoms with van der Waals surface area (Å²) in [4.78, 5) is 6.40. The first-order valence-electron chi connectivity index (χ1n) is 4.81. The Labute approximate surface area is 83.7 Å². The second-order valence-electron chi connectivity index (χ2n) is 3.54. The molecule has 0 aromatic carbocycles. The van der Waals surface area contributed by atoms with E-state index in [-0.39, 0.29) is 6.10 Å². The molecule has 0 amide bonds. The first-order chi connectivity index (χ1) is 6.79. The lowest BCUT2D eigenvalue weighted by Gasteiger charge is -2.16. The van der Waals surface area contributed by atoms with E-state index in [4.69, 9.17) is 0 Å². The summed E-state index contributed by atoms with van der Waals surface area (Å²) in [5.74, 6) is 0.937. The normalized spacial score (nSPS) is 21.2. The zero-order chi connectivity index (χ0) is 9.97. The van der Waals surface area contributed by atoms with Crippen LogP contribution in [-0.2, 0) is 0 Å². The van der Waals surface area contributed by atoms with Crippen molar-refractivity contribution in [1.82, 2.24) is 4.98 Å². The topological polar surface area (TPSA) is 36.4 Å². The largest absolute Gasteiger partial charge is 0.391 e. The number of pyridine rings is 1. The van der Waals surface area contributed by atoms with Gasteiger partial charge in [-0.15, -0.1) is 0 Å². The molecule has 1 aromatic rings. The van der Waals surface area contributed by atoms with Crippen LogP contribution in [0.2, 0.25) is 0 Å². The Morgan fingerprint density at radius 3 is 2.93 bits per heavy atom. The van der Waals surface area contributed by atoms with Crippen molar-refractivity contribution in [2.45, 2.75) is 12.5 Å². The van der Waals surface area contributed by atoms with Crippen molar-refractivity contribution in [2.24, 2.45) is 0 Å². The summed E-state index contributed by atoms with van der Waals surface area (Å²) < 4.78 is 0. The highest BCUT2D eigenvalue weighted by Crippen LogP contribution is 2.18. The van der Waals surface area contributed by atoms with Crippen molar-refractivity contribution >= 4 is 11.9 Å². The van der Waals surface area contributed by atoms with Gasteiger partial charge in [-0.05, 0) is 24.1 Å². The first-order valence-corrected chi connectivity index (χ1v) is 4.81. The van der Waals surface area contributed by atoms with Crippen LogP contribution in [0.3, 0.4) is 0 Å². The highest BCUT2D eigenvalue weighted by atomic mass is 16.3. The number of rotatable bonds is 2. The third-order valence-electron chi connectivity index (χ3n) is 2.49. The fourth-order valence-electron chi connectivity index (χ4n) is 1.66. The maximum absolute atomic E-state index is 9.38. The van der Waals surface area contributed by atoms with Crippen molar-refractivity contribution < 1.29 is 5.11 Å². The molecule has 2 heterocycles. The molecule has 1 fully saturated rings. The van der Waals surface area contributed by atoms with Gasteiger partial charge >= 0.3 is 0 Å². The molecule has 0 saturated carbocycles. The maximum Gasteiger partial charge on any atom is 0.128 e. The van der Waals surface area contributed by atoms with Gasteiger partial charge in [0.1, 0.15) is 5.82 Å². The van der Waals surface area contributed by atoms with E-state index in [1.54, 1.807) is 12.3 Å². The molecule has 1 aliphatic heterocycles. The third kappa shape index (κ3) is 1.77. The van der Waals surface area contributed by atoms with Crippen LogP contribution in [-0.4, -0.2) is 29.3 Å². The lowest BCUT2D eigenvalue weighted by Crippen LogP contribution is -2.21. The Morgan fingerprint density at radius 2 is 2.43 bits per heavy atom. The number of aliphatic hydroxyl groups is 1. The van der Waals surface area contributed by atoms with Gasteiger partial charge in [0.25, 0.3) is 0 Å². The molecule has 1 aromatic heterocycles. The van der Waals surface area contributed by atoms with Crippen molar-refractivity contribution in [3.05, 3.63) is 30.5 Å². The summed E-state index contributed by atoms with van der Waals surface area (Å²) in [6.07, 6.45) is 4.21. The number of nitrogens with zero attached hydrogens (tertiary/aromatic N) is 2. The highest BCUT2D eigenvalue weighted by molar-refractivity contribution is 5.50. The van der Waals surface area contributed by atoms with Gasteiger partial charge in [0.15, 0.2) is 0 Å². The quantitative estimate of drug-likeness (QED) is 0.763. The third-order valence-corrected chi connectivity index (χ3v) is 2.49. The smallest absolute Gasteiger partial charge is 0.128 e. The fourth-order valence-corrected chi connectivity index (χ4v) is 1.66. The summed E-state index contributed by atoms with van der Waals surface area (Å²) in [7, 11) is 0. The summed E-state index contributed by atoms with van der Waals surface area (Å²) in [6, 6.07) is 3.95. The lowest BCUT2D eigenvalue weighted by molar-refractivity contribution is 0.198. The molecule has 14 heavy (non-hydrogen) atoms. The number of aromatic nitrogens is 1. The number of anilines is 1. The summed E-state index contributed by atoms with van der Waals surface area (Å²) >= 11 is 0. The summed E-state index contributed by atoms with van der Waals surface area (Å²) in [6.45, 7) is 5.26. The molecule has 0 aliphatic carbocycles. The van der Waals surface area contributed by atoms with Gasteiger partial charge in [0, 0.05) is 19.3 Å². The van der Waals surface area contributed by atoms with Crippen molar-refractivity contribution in [2.75, 3.05) is 18.0 Å². The van der Waals surface area contributed by atoms with Gasteiger partial charge < -0.3 is 10.0 Å². The van der Waals surface area contributed by atoms with Crippen LogP contribution in [0.4, 0.5) is 5.82 Å². The standard InChI is InChI=1S/C11H14N2O/c1-2-9-3-4-11(12-7-9)13-6-5-10(14)8-13/h2-4,7,10,14H,1,5-6,8H2. The van der Waals surface area contributed by atoms with Crippen LogP contribution >= 0.6 is 0 Å². The number of β-amino-alcohol motifs (C(OH)–C–C–N with tert-alkyl or cyclic N) is 1. The Balaban J connectivity index is 2.13. The molecule has 2 rings (SSSR count). The number of hydrogen-bond acceptors (Lipinski definition) is 3. The molecule has 1 unspecified atom stereocenters. The Bertz CT molecular complexity index is 321. The maximum atomic E-state index is 9.38. The van der Waals surface area contributed by atoms with E-state index in [2.05, 4.69) is 16.5 Å². The molecular formula is C11H14N2O. The monoisotopic (exact) mass is 190 g/mol. The average Bonchev–Trinajstić information content (AvgIpc) is 2.65. The predicted octanol–water partition coefficient (Wildman–Crippen LogP) is 1.30. The molecule has 0 radical (unpaired) electrons.